The molecule has 0 fully saturated rings. The number of halogens is 1. The molecule has 0 unspecified atom stereocenters. The summed E-state index contributed by atoms with van der Waals surface area (Å²) >= 11 is 1.24. The zero-order chi connectivity index (χ0) is 16.9. The molecule has 1 aliphatic carbocycles. The Bertz CT molecular complexity index is 816. The lowest BCUT2D eigenvalue weighted by atomic mass is 9.95. The second kappa shape index (κ2) is 7.45. The fraction of sp³-hybridized carbons (Fsp3) is 0.278. The molecule has 6 heteroatoms. The molecule has 0 bridgehead atoms. The number of pyridine rings is 1. The van der Waals surface area contributed by atoms with Gasteiger partial charge in [0.15, 0.2) is 0 Å². The summed E-state index contributed by atoms with van der Waals surface area (Å²) in [7, 11) is 0. The Kier molecular flexibility index (Phi) is 5.11. The topological polar surface area (TPSA) is 65.8 Å². The molecule has 0 aliphatic heterocycles. The molecule has 1 amide bonds. The van der Waals surface area contributed by atoms with Crippen LogP contribution in [-0.2, 0) is 17.6 Å². The van der Waals surface area contributed by atoms with Gasteiger partial charge in [-0.2, -0.15) is 5.26 Å². The zero-order valence-corrected chi connectivity index (χ0v) is 13.8. The van der Waals surface area contributed by atoms with Crippen LogP contribution in [0, 0.1) is 17.1 Å². The van der Waals surface area contributed by atoms with Gasteiger partial charge in [0.05, 0.1) is 11.3 Å². The molecule has 0 saturated carbocycles. The first kappa shape index (κ1) is 16.5. The average molecular weight is 341 g/mol. The van der Waals surface area contributed by atoms with Crippen LogP contribution in [0.25, 0.3) is 0 Å². The SMILES string of the molecule is N#Cc1cc2c(nc1SCC(=O)Nc1cccc(F)c1)CCCC2. The van der Waals surface area contributed by atoms with E-state index in [0.717, 1.165) is 36.9 Å². The lowest BCUT2D eigenvalue weighted by Crippen LogP contribution is -2.15. The van der Waals surface area contributed by atoms with Crippen molar-refractivity contribution in [3.05, 3.63) is 53.0 Å². The summed E-state index contributed by atoms with van der Waals surface area (Å²) in [5.41, 5.74) is 3.11. The van der Waals surface area contributed by atoms with Crippen LogP contribution in [0.2, 0.25) is 0 Å². The molecule has 0 spiro atoms. The summed E-state index contributed by atoms with van der Waals surface area (Å²) in [6.07, 6.45) is 4.12. The third kappa shape index (κ3) is 3.92. The lowest BCUT2D eigenvalue weighted by Gasteiger charge is -2.16. The summed E-state index contributed by atoms with van der Waals surface area (Å²) < 4.78 is 13.1. The van der Waals surface area contributed by atoms with Gasteiger partial charge in [-0.15, -0.1) is 0 Å². The van der Waals surface area contributed by atoms with E-state index < -0.39 is 5.82 Å². The van der Waals surface area contributed by atoms with Crippen molar-refractivity contribution >= 4 is 23.4 Å². The van der Waals surface area contributed by atoms with E-state index in [2.05, 4.69) is 16.4 Å². The van der Waals surface area contributed by atoms with Crippen molar-refractivity contribution in [3.63, 3.8) is 0 Å². The van der Waals surface area contributed by atoms with Gasteiger partial charge < -0.3 is 5.32 Å². The van der Waals surface area contributed by atoms with Crippen LogP contribution in [0.3, 0.4) is 0 Å². The highest BCUT2D eigenvalue weighted by atomic mass is 32.2. The van der Waals surface area contributed by atoms with E-state index in [1.165, 1.54) is 30.0 Å². The molecule has 1 aromatic carbocycles. The highest BCUT2D eigenvalue weighted by Gasteiger charge is 2.16. The molecule has 0 radical (unpaired) electrons. The minimum atomic E-state index is -0.399. The van der Waals surface area contributed by atoms with Crippen molar-refractivity contribution in [1.82, 2.24) is 4.98 Å². The number of rotatable bonds is 4. The molecule has 0 atom stereocenters. The average Bonchev–Trinajstić information content (AvgIpc) is 2.59. The number of nitriles is 1. The summed E-state index contributed by atoms with van der Waals surface area (Å²) in [5, 5.41) is 12.5. The number of thioether (sulfide) groups is 1. The molecule has 1 aliphatic rings. The standard InChI is InChI=1S/C18H16FN3OS/c19-14-5-3-6-15(9-14)21-17(23)11-24-18-13(10-20)8-12-4-1-2-7-16(12)22-18/h3,5-6,8-9H,1-2,4,7,11H2,(H,21,23). The molecule has 3 rings (SSSR count). The second-order valence-corrected chi connectivity index (χ2v) is 6.58. The van der Waals surface area contributed by atoms with Gasteiger partial charge in [-0.3, -0.25) is 4.79 Å². The molecule has 122 valence electrons. The third-order valence-corrected chi connectivity index (χ3v) is 4.83. The largest absolute Gasteiger partial charge is 0.325 e. The normalized spacial score (nSPS) is 13.0. The van der Waals surface area contributed by atoms with E-state index in [0.29, 0.717) is 16.3 Å². The highest BCUT2D eigenvalue weighted by molar-refractivity contribution is 8.00. The van der Waals surface area contributed by atoms with E-state index in [9.17, 15) is 14.4 Å². The van der Waals surface area contributed by atoms with Gasteiger partial charge >= 0.3 is 0 Å². The van der Waals surface area contributed by atoms with Crippen LogP contribution in [0.1, 0.15) is 29.7 Å². The predicted octanol–water partition coefficient (Wildman–Crippen LogP) is 3.70. The molecule has 1 N–H and O–H groups in total. The van der Waals surface area contributed by atoms with Gasteiger partial charge in [0, 0.05) is 11.4 Å². The van der Waals surface area contributed by atoms with Crippen LogP contribution in [-0.4, -0.2) is 16.6 Å². The number of hydrogen-bond acceptors (Lipinski definition) is 4. The van der Waals surface area contributed by atoms with Crippen molar-refractivity contribution in [3.8, 4) is 6.07 Å². The van der Waals surface area contributed by atoms with E-state index in [4.69, 9.17) is 0 Å². The van der Waals surface area contributed by atoms with Crippen LogP contribution in [0.15, 0.2) is 35.4 Å². The van der Waals surface area contributed by atoms with Crippen LogP contribution in [0.4, 0.5) is 10.1 Å². The Morgan fingerprint density at radius 3 is 2.96 bits per heavy atom. The third-order valence-electron chi connectivity index (χ3n) is 3.83. The number of aryl methyl sites for hydroxylation is 2. The predicted molar refractivity (Wildman–Crippen MR) is 91.3 cm³/mol. The monoisotopic (exact) mass is 341 g/mol. The Labute approximate surface area is 144 Å². The van der Waals surface area contributed by atoms with Gasteiger partial charge in [-0.1, -0.05) is 17.8 Å². The Morgan fingerprint density at radius 1 is 1.33 bits per heavy atom. The van der Waals surface area contributed by atoms with Gasteiger partial charge in [-0.05, 0) is 55.5 Å². The van der Waals surface area contributed by atoms with E-state index in [1.807, 2.05) is 6.07 Å². The minimum Gasteiger partial charge on any atom is -0.325 e. The molecular weight excluding hydrogens is 325 g/mol. The molecule has 4 nitrogen and oxygen atoms in total. The minimum absolute atomic E-state index is 0.122. The second-order valence-electron chi connectivity index (χ2n) is 5.61. The number of anilines is 1. The maximum absolute atomic E-state index is 13.1. The number of amides is 1. The molecule has 0 saturated heterocycles. The quantitative estimate of drug-likeness (QED) is 0.861. The van der Waals surface area contributed by atoms with Crippen molar-refractivity contribution in [1.29, 1.82) is 5.26 Å². The molecule has 1 aromatic heterocycles. The van der Waals surface area contributed by atoms with Gasteiger partial charge in [0.25, 0.3) is 0 Å². The van der Waals surface area contributed by atoms with Gasteiger partial charge in [0.2, 0.25) is 5.91 Å². The molecule has 1 heterocycles. The van der Waals surface area contributed by atoms with Crippen LogP contribution >= 0.6 is 11.8 Å². The van der Waals surface area contributed by atoms with Crippen molar-refractivity contribution in [2.24, 2.45) is 0 Å². The molecule has 24 heavy (non-hydrogen) atoms. The number of hydrogen-bond donors (Lipinski definition) is 1. The fourth-order valence-electron chi connectivity index (χ4n) is 2.70. The summed E-state index contributed by atoms with van der Waals surface area (Å²) in [6, 6.07) is 9.81. The summed E-state index contributed by atoms with van der Waals surface area (Å²) in [6.45, 7) is 0. The Morgan fingerprint density at radius 2 is 2.17 bits per heavy atom. The number of fused-ring (bicyclic) bond motifs is 1. The van der Waals surface area contributed by atoms with E-state index >= 15 is 0 Å². The lowest BCUT2D eigenvalue weighted by molar-refractivity contribution is -0.113. The summed E-state index contributed by atoms with van der Waals surface area (Å²) in [4.78, 5) is 16.6. The van der Waals surface area contributed by atoms with Gasteiger partial charge in [-0.25, -0.2) is 9.37 Å². The Balaban J connectivity index is 1.67. The first-order valence-electron chi connectivity index (χ1n) is 7.77. The number of benzene rings is 1. The van der Waals surface area contributed by atoms with Crippen molar-refractivity contribution in [2.75, 3.05) is 11.1 Å². The van der Waals surface area contributed by atoms with Gasteiger partial charge in [0.1, 0.15) is 16.9 Å². The van der Waals surface area contributed by atoms with Crippen LogP contribution in [0.5, 0.6) is 0 Å². The molecular formula is C18H16FN3OS. The maximum atomic E-state index is 13.1. The zero-order valence-electron chi connectivity index (χ0n) is 13.0. The first-order chi connectivity index (χ1) is 11.7. The van der Waals surface area contributed by atoms with Crippen LogP contribution < -0.4 is 5.32 Å². The van der Waals surface area contributed by atoms with Crippen molar-refractivity contribution < 1.29 is 9.18 Å². The Hall–Kier alpha value is -2.39. The highest BCUT2D eigenvalue weighted by Crippen LogP contribution is 2.27. The number of carbonyl (C=O) groups excluding carboxylic acids is 1. The van der Waals surface area contributed by atoms with E-state index in [1.54, 1.807) is 6.07 Å². The number of aromatic nitrogens is 1. The number of carbonyl (C=O) groups is 1. The van der Waals surface area contributed by atoms with E-state index in [-0.39, 0.29) is 11.7 Å². The summed E-state index contributed by atoms with van der Waals surface area (Å²) in [5.74, 6) is -0.533. The molecule has 2 aromatic rings. The number of nitrogens with zero attached hydrogens (tertiary/aromatic N) is 2. The fourth-order valence-corrected chi connectivity index (χ4v) is 3.48. The maximum Gasteiger partial charge on any atom is 0.234 e. The number of nitrogens with one attached hydrogen (secondary N) is 1. The van der Waals surface area contributed by atoms with Crippen molar-refractivity contribution in [2.45, 2.75) is 30.7 Å². The smallest absolute Gasteiger partial charge is 0.234 e. The first-order valence-corrected chi connectivity index (χ1v) is 8.75.